The summed E-state index contributed by atoms with van der Waals surface area (Å²) in [5.41, 5.74) is 0.323. The number of rotatable bonds is 3. The maximum Gasteiger partial charge on any atom is 0.0600 e. The van der Waals surface area contributed by atoms with E-state index in [1.165, 1.54) is 0 Å². The summed E-state index contributed by atoms with van der Waals surface area (Å²) in [5.74, 6) is 0.359. The van der Waals surface area contributed by atoms with E-state index in [0.29, 0.717) is 11.3 Å². The van der Waals surface area contributed by atoms with E-state index in [0.717, 1.165) is 25.9 Å². The summed E-state index contributed by atoms with van der Waals surface area (Å²) in [7, 11) is 0. The van der Waals surface area contributed by atoms with Gasteiger partial charge < -0.3 is 9.84 Å². The van der Waals surface area contributed by atoms with Crippen LogP contribution < -0.4 is 0 Å². The first-order chi connectivity index (χ1) is 6.40. The average Bonchev–Trinajstić information content (AvgIpc) is 2.46. The Labute approximate surface area is 87.7 Å². The second kappa shape index (κ2) is 4.63. The Bertz CT molecular complexity index is 172. The van der Waals surface area contributed by atoms with Crippen LogP contribution in [0.4, 0.5) is 0 Å². The lowest BCUT2D eigenvalue weighted by molar-refractivity contribution is 0.0340. The van der Waals surface area contributed by atoms with Gasteiger partial charge in [0.2, 0.25) is 0 Å². The van der Waals surface area contributed by atoms with Crippen LogP contribution in [-0.2, 0) is 4.74 Å². The molecule has 2 heteroatoms. The summed E-state index contributed by atoms with van der Waals surface area (Å²) < 4.78 is 5.46. The van der Waals surface area contributed by atoms with Gasteiger partial charge in [-0.25, -0.2) is 0 Å². The van der Waals surface area contributed by atoms with Gasteiger partial charge in [-0.15, -0.1) is 0 Å². The highest BCUT2D eigenvalue weighted by Crippen LogP contribution is 2.29. The fourth-order valence-electron chi connectivity index (χ4n) is 2.05. The van der Waals surface area contributed by atoms with Gasteiger partial charge in [0.1, 0.15) is 0 Å². The SMILES string of the molecule is CC1OCCC1C(O)CCC(C)(C)C. The molecule has 84 valence electrons. The quantitative estimate of drug-likeness (QED) is 0.759. The number of aliphatic hydroxyl groups excluding tert-OH is 1. The summed E-state index contributed by atoms with van der Waals surface area (Å²) >= 11 is 0. The van der Waals surface area contributed by atoms with Gasteiger partial charge in [0.25, 0.3) is 0 Å². The van der Waals surface area contributed by atoms with E-state index in [4.69, 9.17) is 4.74 Å². The number of aliphatic hydroxyl groups is 1. The van der Waals surface area contributed by atoms with E-state index >= 15 is 0 Å². The van der Waals surface area contributed by atoms with Crippen LogP contribution in [0.2, 0.25) is 0 Å². The molecule has 0 bridgehead atoms. The predicted octanol–water partition coefficient (Wildman–Crippen LogP) is 2.60. The van der Waals surface area contributed by atoms with Crippen LogP contribution in [0, 0.1) is 11.3 Å². The largest absolute Gasteiger partial charge is 0.393 e. The molecule has 0 aromatic carbocycles. The lowest BCUT2D eigenvalue weighted by Gasteiger charge is -2.25. The molecule has 1 heterocycles. The molecule has 0 spiro atoms. The zero-order valence-electron chi connectivity index (χ0n) is 9.92. The molecule has 0 aliphatic carbocycles. The van der Waals surface area contributed by atoms with Crippen molar-refractivity contribution in [1.29, 1.82) is 0 Å². The highest BCUT2D eigenvalue weighted by atomic mass is 16.5. The third kappa shape index (κ3) is 3.58. The van der Waals surface area contributed by atoms with E-state index in [9.17, 15) is 5.11 Å². The smallest absolute Gasteiger partial charge is 0.0600 e. The Morgan fingerprint density at radius 2 is 2.07 bits per heavy atom. The average molecular weight is 200 g/mol. The number of hydrogen-bond acceptors (Lipinski definition) is 2. The van der Waals surface area contributed by atoms with Crippen molar-refractivity contribution in [3.63, 3.8) is 0 Å². The van der Waals surface area contributed by atoms with E-state index in [2.05, 4.69) is 27.7 Å². The molecule has 0 radical (unpaired) electrons. The highest BCUT2D eigenvalue weighted by molar-refractivity contribution is 4.80. The first-order valence-electron chi connectivity index (χ1n) is 5.70. The van der Waals surface area contributed by atoms with Gasteiger partial charge in [-0.05, 0) is 31.6 Å². The van der Waals surface area contributed by atoms with Crippen LogP contribution in [0.1, 0.15) is 47.0 Å². The Kier molecular flexibility index (Phi) is 3.96. The maximum absolute atomic E-state index is 10.0. The van der Waals surface area contributed by atoms with Crippen LogP contribution in [0.25, 0.3) is 0 Å². The minimum atomic E-state index is -0.174. The molecule has 14 heavy (non-hydrogen) atoms. The molecular weight excluding hydrogens is 176 g/mol. The minimum Gasteiger partial charge on any atom is -0.393 e. The summed E-state index contributed by atoms with van der Waals surface area (Å²) in [6, 6.07) is 0. The second-order valence-corrected chi connectivity index (χ2v) is 5.70. The number of hydrogen-bond donors (Lipinski definition) is 1. The van der Waals surface area contributed by atoms with E-state index in [1.807, 2.05) is 0 Å². The molecule has 1 saturated heterocycles. The van der Waals surface area contributed by atoms with Crippen LogP contribution in [0.3, 0.4) is 0 Å². The van der Waals surface area contributed by atoms with E-state index in [1.54, 1.807) is 0 Å². The van der Waals surface area contributed by atoms with Crippen molar-refractivity contribution in [3.8, 4) is 0 Å². The fraction of sp³-hybridized carbons (Fsp3) is 1.00. The highest BCUT2D eigenvalue weighted by Gasteiger charge is 2.31. The fourth-order valence-corrected chi connectivity index (χ4v) is 2.05. The van der Waals surface area contributed by atoms with Crippen molar-refractivity contribution < 1.29 is 9.84 Å². The minimum absolute atomic E-state index is 0.174. The third-order valence-electron chi connectivity index (χ3n) is 3.12. The van der Waals surface area contributed by atoms with Gasteiger partial charge in [0.05, 0.1) is 12.2 Å². The monoisotopic (exact) mass is 200 g/mol. The van der Waals surface area contributed by atoms with E-state index in [-0.39, 0.29) is 12.2 Å². The van der Waals surface area contributed by atoms with Crippen molar-refractivity contribution in [3.05, 3.63) is 0 Å². The summed E-state index contributed by atoms with van der Waals surface area (Å²) in [5, 5.41) is 10.0. The molecule has 0 aromatic heterocycles. The maximum atomic E-state index is 10.0. The van der Waals surface area contributed by atoms with Crippen LogP contribution in [0.15, 0.2) is 0 Å². The standard InChI is InChI=1S/C12H24O2/c1-9-10(6-8-14-9)11(13)5-7-12(2,3)4/h9-11,13H,5-8H2,1-4H3. The van der Waals surface area contributed by atoms with Gasteiger partial charge in [-0.3, -0.25) is 0 Å². The van der Waals surface area contributed by atoms with Gasteiger partial charge in [0.15, 0.2) is 0 Å². The Morgan fingerprint density at radius 3 is 2.50 bits per heavy atom. The molecule has 1 aliphatic rings. The lowest BCUT2D eigenvalue weighted by Crippen LogP contribution is -2.27. The summed E-state index contributed by atoms with van der Waals surface area (Å²) in [4.78, 5) is 0. The molecule has 1 aliphatic heterocycles. The Hall–Kier alpha value is -0.0800. The topological polar surface area (TPSA) is 29.5 Å². The van der Waals surface area contributed by atoms with Gasteiger partial charge in [-0.2, -0.15) is 0 Å². The van der Waals surface area contributed by atoms with Gasteiger partial charge in [0, 0.05) is 12.5 Å². The van der Waals surface area contributed by atoms with Crippen LogP contribution in [0.5, 0.6) is 0 Å². The van der Waals surface area contributed by atoms with Crippen molar-refractivity contribution in [2.45, 2.75) is 59.2 Å². The van der Waals surface area contributed by atoms with Crippen LogP contribution in [-0.4, -0.2) is 23.9 Å². The van der Waals surface area contributed by atoms with Crippen molar-refractivity contribution in [2.75, 3.05) is 6.61 Å². The molecule has 3 unspecified atom stereocenters. The molecule has 2 nitrogen and oxygen atoms in total. The summed E-state index contributed by atoms with van der Waals surface area (Å²) in [6.07, 6.45) is 3.07. The predicted molar refractivity (Wildman–Crippen MR) is 58.2 cm³/mol. The molecular formula is C12H24O2. The lowest BCUT2D eigenvalue weighted by atomic mass is 9.85. The number of ether oxygens (including phenoxy) is 1. The Morgan fingerprint density at radius 1 is 1.43 bits per heavy atom. The van der Waals surface area contributed by atoms with Crippen molar-refractivity contribution in [1.82, 2.24) is 0 Å². The molecule has 1 N–H and O–H groups in total. The second-order valence-electron chi connectivity index (χ2n) is 5.70. The molecule has 0 amide bonds. The Balaban J connectivity index is 2.31. The zero-order chi connectivity index (χ0) is 10.8. The molecule has 1 rings (SSSR count). The van der Waals surface area contributed by atoms with Crippen molar-refractivity contribution >= 4 is 0 Å². The third-order valence-corrected chi connectivity index (χ3v) is 3.12. The molecule has 3 atom stereocenters. The molecule has 0 aromatic rings. The first kappa shape index (κ1) is 12.0. The van der Waals surface area contributed by atoms with E-state index < -0.39 is 0 Å². The molecule has 0 saturated carbocycles. The zero-order valence-corrected chi connectivity index (χ0v) is 9.92. The van der Waals surface area contributed by atoms with Crippen LogP contribution >= 0.6 is 0 Å². The van der Waals surface area contributed by atoms with Crippen molar-refractivity contribution in [2.24, 2.45) is 11.3 Å². The normalized spacial score (nSPS) is 30.6. The van der Waals surface area contributed by atoms with Gasteiger partial charge >= 0.3 is 0 Å². The van der Waals surface area contributed by atoms with Gasteiger partial charge in [-0.1, -0.05) is 20.8 Å². The first-order valence-corrected chi connectivity index (χ1v) is 5.70. The molecule has 1 fully saturated rings. The summed E-state index contributed by atoms with van der Waals surface area (Å²) in [6.45, 7) is 9.53.